The number of nitrogens with one attached hydrogen (secondary N) is 3. The van der Waals surface area contributed by atoms with Crippen molar-refractivity contribution >= 4 is 34.5 Å². The highest BCUT2D eigenvalue weighted by molar-refractivity contribution is 6.37. The summed E-state index contributed by atoms with van der Waals surface area (Å²) in [5.74, 6) is -0.426. The smallest absolute Gasteiger partial charge is 0.258 e. The zero-order chi connectivity index (χ0) is 29.1. The molecule has 2 aliphatic rings. The Morgan fingerprint density at radius 3 is 2.55 bits per heavy atom. The molecule has 1 atom stereocenters. The standard InChI is InChI=1S/C34H36N6O2/c1-23(25-11-5-3-6-12-25)36-33(41)26-14-15-30-29(19-26)31(34(42)38-30)32(27-20-35-39(2)22-27)37-28-13-9-10-24(18-28)21-40-16-7-4-8-17-40/h3,5-6,9-15,18-20,22-23,37H,4,7-8,16-17,21H2,1-2H3,(H,36,41)(H,38,42)/t23-/m1/s1. The molecule has 3 aromatic carbocycles. The number of aryl methyl sites for hydroxylation is 1. The Balaban J connectivity index is 1.33. The highest BCUT2D eigenvalue weighted by Gasteiger charge is 2.30. The average molecular weight is 561 g/mol. The van der Waals surface area contributed by atoms with Crippen molar-refractivity contribution in [2.75, 3.05) is 23.7 Å². The van der Waals surface area contributed by atoms with Crippen molar-refractivity contribution in [3.8, 4) is 0 Å². The lowest BCUT2D eigenvalue weighted by molar-refractivity contribution is -0.110. The summed E-state index contributed by atoms with van der Waals surface area (Å²) >= 11 is 0. The molecule has 42 heavy (non-hydrogen) atoms. The summed E-state index contributed by atoms with van der Waals surface area (Å²) in [6.07, 6.45) is 7.43. The maximum absolute atomic E-state index is 13.5. The van der Waals surface area contributed by atoms with Crippen LogP contribution in [0.25, 0.3) is 11.3 Å². The van der Waals surface area contributed by atoms with E-state index in [-0.39, 0.29) is 17.9 Å². The monoisotopic (exact) mass is 560 g/mol. The number of rotatable bonds is 8. The van der Waals surface area contributed by atoms with Gasteiger partial charge in [-0.1, -0.05) is 48.9 Å². The first-order valence-electron chi connectivity index (χ1n) is 14.6. The first-order valence-corrected chi connectivity index (χ1v) is 14.6. The zero-order valence-corrected chi connectivity index (χ0v) is 24.1. The van der Waals surface area contributed by atoms with E-state index in [1.54, 1.807) is 29.1 Å². The van der Waals surface area contributed by atoms with E-state index in [4.69, 9.17) is 0 Å². The third-order valence-corrected chi connectivity index (χ3v) is 7.97. The second kappa shape index (κ2) is 12.0. The molecule has 8 heteroatoms. The lowest BCUT2D eigenvalue weighted by Crippen LogP contribution is -2.29. The van der Waals surface area contributed by atoms with E-state index >= 15 is 0 Å². The molecule has 0 saturated carbocycles. The first kappa shape index (κ1) is 27.5. The van der Waals surface area contributed by atoms with Gasteiger partial charge < -0.3 is 16.0 Å². The first-order chi connectivity index (χ1) is 20.4. The fourth-order valence-corrected chi connectivity index (χ4v) is 5.76. The fourth-order valence-electron chi connectivity index (χ4n) is 5.76. The van der Waals surface area contributed by atoms with E-state index in [0.717, 1.165) is 36.4 Å². The molecule has 2 aliphatic heterocycles. The molecule has 8 nitrogen and oxygen atoms in total. The van der Waals surface area contributed by atoms with Gasteiger partial charge in [0.05, 0.1) is 23.5 Å². The normalized spacial score (nSPS) is 16.9. The van der Waals surface area contributed by atoms with E-state index in [1.165, 1.54) is 24.8 Å². The minimum absolute atomic E-state index is 0.161. The van der Waals surface area contributed by atoms with Gasteiger partial charge in [-0.3, -0.25) is 19.2 Å². The average Bonchev–Trinajstić information content (AvgIpc) is 3.58. The van der Waals surface area contributed by atoms with Crippen LogP contribution in [0.2, 0.25) is 0 Å². The number of hydrogen-bond donors (Lipinski definition) is 3. The number of anilines is 2. The Kier molecular flexibility index (Phi) is 7.88. The third kappa shape index (κ3) is 5.99. The van der Waals surface area contributed by atoms with Crippen LogP contribution >= 0.6 is 0 Å². The van der Waals surface area contributed by atoms with Gasteiger partial charge in [0.2, 0.25) is 0 Å². The molecular weight excluding hydrogens is 524 g/mol. The molecule has 6 rings (SSSR count). The van der Waals surface area contributed by atoms with Gasteiger partial charge in [0.15, 0.2) is 0 Å². The van der Waals surface area contributed by atoms with E-state index in [9.17, 15) is 9.59 Å². The third-order valence-electron chi connectivity index (χ3n) is 7.97. The number of aromatic nitrogens is 2. The summed E-state index contributed by atoms with van der Waals surface area (Å²) in [7, 11) is 1.85. The molecule has 0 aliphatic carbocycles. The number of piperidine rings is 1. The Bertz CT molecular complexity index is 1630. The van der Waals surface area contributed by atoms with Crippen LogP contribution in [-0.2, 0) is 18.4 Å². The number of nitrogens with zero attached hydrogens (tertiary/aromatic N) is 3. The topological polar surface area (TPSA) is 91.3 Å². The molecule has 0 spiro atoms. The van der Waals surface area contributed by atoms with Gasteiger partial charge in [0.1, 0.15) is 0 Å². The molecule has 4 aromatic rings. The minimum atomic E-state index is -0.226. The Hall–Kier alpha value is -4.69. The van der Waals surface area contributed by atoms with E-state index in [1.807, 2.05) is 62.6 Å². The molecule has 2 amide bonds. The Labute approximate surface area is 246 Å². The number of carbonyl (C=O) groups is 2. The summed E-state index contributed by atoms with van der Waals surface area (Å²) < 4.78 is 1.72. The molecular formula is C34H36N6O2. The van der Waals surface area contributed by atoms with Gasteiger partial charge in [-0.15, -0.1) is 0 Å². The molecule has 0 radical (unpaired) electrons. The molecule has 1 saturated heterocycles. The molecule has 3 heterocycles. The van der Waals surface area contributed by atoms with Gasteiger partial charge in [-0.05, 0) is 74.3 Å². The predicted molar refractivity (Wildman–Crippen MR) is 167 cm³/mol. The summed E-state index contributed by atoms with van der Waals surface area (Å²) in [6.45, 7) is 5.11. The lowest BCUT2D eigenvalue weighted by atomic mass is 9.99. The van der Waals surface area contributed by atoms with Crippen molar-refractivity contribution < 1.29 is 9.59 Å². The number of amides is 2. The number of fused-ring (bicyclic) bond motifs is 1. The van der Waals surface area contributed by atoms with Crippen LogP contribution in [0.4, 0.5) is 11.4 Å². The van der Waals surface area contributed by atoms with Crippen LogP contribution < -0.4 is 16.0 Å². The van der Waals surface area contributed by atoms with Crippen molar-refractivity contribution in [2.45, 2.75) is 38.8 Å². The van der Waals surface area contributed by atoms with E-state index in [2.05, 4.69) is 38.1 Å². The molecule has 0 bridgehead atoms. The van der Waals surface area contributed by atoms with Gasteiger partial charge >= 0.3 is 0 Å². The van der Waals surface area contributed by atoms with Crippen LogP contribution in [0.15, 0.2) is 85.2 Å². The summed E-state index contributed by atoms with van der Waals surface area (Å²) in [5.41, 5.74) is 6.87. The maximum atomic E-state index is 13.5. The SMILES string of the molecule is C[C@@H](NC(=O)c1ccc2c(c1)C(=C(Nc1cccc(CN3CCCCC3)c1)c1cnn(C)c1)C(=O)N2)c1ccccc1. The van der Waals surface area contributed by atoms with Crippen molar-refractivity contribution in [1.82, 2.24) is 20.0 Å². The molecule has 3 N–H and O–H groups in total. The van der Waals surface area contributed by atoms with Gasteiger partial charge in [0, 0.05) is 47.9 Å². The van der Waals surface area contributed by atoms with Crippen molar-refractivity contribution in [3.05, 3.63) is 113 Å². The molecule has 1 fully saturated rings. The van der Waals surface area contributed by atoms with Crippen LogP contribution in [0, 0.1) is 0 Å². The van der Waals surface area contributed by atoms with Gasteiger partial charge in [-0.25, -0.2) is 0 Å². The maximum Gasteiger partial charge on any atom is 0.258 e. The van der Waals surface area contributed by atoms with Crippen molar-refractivity contribution in [2.24, 2.45) is 7.05 Å². The number of benzene rings is 3. The highest BCUT2D eigenvalue weighted by Crippen LogP contribution is 2.38. The Morgan fingerprint density at radius 2 is 1.79 bits per heavy atom. The number of carbonyl (C=O) groups excluding carboxylic acids is 2. The van der Waals surface area contributed by atoms with Crippen LogP contribution in [0.1, 0.15) is 64.8 Å². The van der Waals surface area contributed by atoms with Crippen molar-refractivity contribution in [3.63, 3.8) is 0 Å². The largest absolute Gasteiger partial charge is 0.354 e. The second-order valence-corrected chi connectivity index (χ2v) is 11.1. The molecule has 1 aromatic heterocycles. The lowest BCUT2D eigenvalue weighted by Gasteiger charge is -2.26. The quantitative estimate of drug-likeness (QED) is 0.236. The second-order valence-electron chi connectivity index (χ2n) is 11.1. The number of hydrogen-bond acceptors (Lipinski definition) is 5. The fraction of sp³-hybridized carbons (Fsp3) is 0.265. The number of likely N-dealkylation sites (tertiary alicyclic amines) is 1. The van der Waals surface area contributed by atoms with Crippen LogP contribution in [0.5, 0.6) is 0 Å². The Morgan fingerprint density at radius 1 is 0.976 bits per heavy atom. The summed E-state index contributed by atoms with van der Waals surface area (Å²) in [4.78, 5) is 29.3. The molecule has 214 valence electrons. The van der Waals surface area contributed by atoms with E-state index < -0.39 is 0 Å². The van der Waals surface area contributed by atoms with Gasteiger partial charge in [0.25, 0.3) is 11.8 Å². The van der Waals surface area contributed by atoms with Crippen LogP contribution in [0.3, 0.4) is 0 Å². The van der Waals surface area contributed by atoms with Gasteiger partial charge in [-0.2, -0.15) is 5.10 Å². The van der Waals surface area contributed by atoms with Crippen LogP contribution in [-0.4, -0.2) is 39.6 Å². The zero-order valence-electron chi connectivity index (χ0n) is 24.1. The summed E-state index contributed by atoms with van der Waals surface area (Å²) in [5, 5.41) is 14.0. The van der Waals surface area contributed by atoms with E-state index in [0.29, 0.717) is 28.1 Å². The minimum Gasteiger partial charge on any atom is -0.354 e. The summed E-state index contributed by atoms with van der Waals surface area (Å²) in [6, 6.07) is 23.4. The molecule has 0 unspecified atom stereocenters. The highest BCUT2D eigenvalue weighted by atomic mass is 16.2. The van der Waals surface area contributed by atoms with Crippen molar-refractivity contribution in [1.29, 1.82) is 0 Å². The predicted octanol–water partition coefficient (Wildman–Crippen LogP) is 5.83.